The molecule has 1 fully saturated rings. The minimum Gasteiger partial charge on any atom is -0.359 e. The average molecular weight is 443 g/mol. The zero-order valence-electron chi connectivity index (χ0n) is 18.1. The van der Waals surface area contributed by atoms with Crippen LogP contribution >= 0.6 is 0 Å². The molecule has 0 unspecified atom stereocenters. The monoisotopic (exact) mass is 442 g/mol. The quantitative estimate of drug-likeness (QED) is 0.614. The highest BCUT2D eigenvalue weighted by Crippen LogP contribution is 2.30. The maximum absolute atomic E-state index is 13.4. The topological polar surface area (TPSA) is 98.3 Å². The third-order valence-electron chi connectivity index (χ3n) is 5.82. The van der Waals surface area contributed by atoms with Crippen molar-refractivity contribution in [3.05, 3.63) is 57.7 Å². The summed E-state index contributed by atoms with van der Waals surface area (Å²) in [7, 11) is -3.64. The molecule has 9 heteroatoms. The van der Waals surface area contributed by atoms with Gasteiger partial charge in [-0.25, -0.2) is 8.42 Å². The molecule has 1 saturated heterocycles. The number of sulfonamides is 1. The molecule has 31 heavy (non-hydrogen) atoms. The van der Waals surface area contributed by atoms with Gasteiger partial charge < -0.3 is 4.52 Å². The van der Waals surface area contributed by atoms with Gasteiger partial charge in [-0.3, -0.25) is 4.79 Å². The molecule has 0 amide bonds. The second-order valence-electron chi connectivity index (χ2n) is 8.08. The maximum Gasteiger partial charge on any atom is 0.271 e. The van der Waals surface area contributed by atoms with Crippen molar-refractivity contribution in [3.8, 4) is 16.9 Å². The fourth-order valence-electron chi connectivity index (χ4n) is 4.10. The zero-order valence-corrected chi connectivity index (χ0v) is 18.9. The van der Waals surface area contributed by atoms with E-state index in [1.165, 1.54) is 10.7 Å². The van der Waals surface area contributed by atoms with Gasteiger partial charge in [0.05, 0.1) is 10.6 Å². The Hall–Kier alpha value is -2.78. The van der Waals surface area contributed by atoms with E-state index in [1.807, 2.05) is 13.0 Å². The van der Waals surface area contributed by atoms with Gasteiger partial charge in [0.1, 0.15) is 11.4 Å². The lowest BCUT2D eigenvalue weighted by molar-refractivity contribution is 0.268. The third-order valence-corrected chi connectivity index (χ3v) is 7.98. The molecule has 3 aromatic rings. The summed E-state index contributed by atoms with van der Waals surface area (Å²) in [5.74, 6) is 0.482. The Kier molecular flexibility index (Phi) is 5.57. The summed E-state index contributed by atoms with van der Waals surface area (Å²) in [5.41, 5.74) is 2.52. The summed E-state index contributed by atoms with van der Waals surface area (Å²) >= 11 is 0. The Labute approximate surface area is 181 Å². The van der Waals surface area contributed by atoms with Crippen LogP contribution in [0.25, 0.3) is 16.9 Å². The van der Waals surface area contributed by atoms with Crippen LogP contribution < -0.4 is 5.56 Å². The molecule has 0 aliphatic carbocycles. The van der Waals surface area contributed by atoms with Crippen LogP contribution in [-0.2, 0) is 10.0 Å². The molecule has 1 aliphatic heterocycles. The summed E-state index contributed by atoms with van der Waals surface area (Å²) in [4.78, 5) is 12.7. The molecule has 2 aromatic heterocycles. The molecule has 0 N–H and O–H groups in total. The lowest BCUT2D eigenvalue weighted by Crippen LogP contribution is -2.42. The van der Waals surface area contributed by atoms with Crippen molar-refractivity contribution < 1.29 is 12.9 Å². The Morgan fingerprint density at radius 3 is 2.55 bits per heavy atom. The van der Waals surface area contributed by atoms with Crippen LogP contribution in [0.2, 0.25) is 0 Å². The molecular formula is C22H26N4O4S. The Balaban J connectivity index is 1.81. The largest absolute Gasteiger partial charge is 0.359 e. The van der Waals surface area contributed by atoms with Crippen molar-refractivity contribution in [3.63, 3.8) is 0 Å². The first-order valence-electron chi connectivity index (χ1n) is 10.4. The van der Waals surface area contributed by atoms with Crippen LogP contribution in [0.4, 0.5) is 0 Å². The first kappa shape index (κ1) is 21.5. The fourth-order valence-corrected chi connectivity index (χ4v) is 6.05. The summed E-state index contributed by atoms with van der Waals surface area (Å²) in [6.45, 7) is 7.73. The number of hydrogen-bond donors (Lipinski definition) is 0. The van der Waals surface area contributed by atoms with Gasteiger partial charge in [-0.2, -0.15) is 14.1 Å². The highest BCUT2D eigenvalue weighted by molar-refractivity contribution is 7.89. The minimum atomic E-state index is -3.64. The van der Waals surface area contributed by atoms with Crippen molar-refractivity contribution in [1.29, 1.82) is 0 Å². The van der Waals surface area contributed by atoms with Crippen molar-refractivity contribution in [2.24, 2.45) is 0 Å². The molecule has 0 bridgehead atoms. The van der Waals surface area contributed by atoms with E-state index < -0.39 is 10.0 Å². The normalized spacial score (nSPS) is 17.7. The lowest BCUT2D eigenvalue weighted by Gasteiger charge is -2.32. The van der Waals surface area contributed by atoms with Crippen molar-refractivity contribution in [1.82, 2.24) is 19.2 Å². The Morgan fingerprint density at radius 1 is 1.10 bits per heavy atom. The van der Waals surface area contributed by atoms with E-state index in [9.17, 15) is 13.2 Å². The van der Waals surface area contributed by atoms with Crippen LogP contribution in [-0.4, -0.2) is 40.2 Å². The van der Waals surface area contributed by atoms with E-state index >= 15 is 0 Å². The number of hydrogen-bond acceptors (Lipinski definition) is 6. The molecule has 3 heterocycles. The van der Waals surface area contributed by atoms with Crippen molar-refractivity contribution >= 4 is 10.0 Å². The number of nitrogens with zero attached hydrogens (tertiary/aromatic N) is 4. The molecule has 1 aromatic carbocycles. The molecule has 1 aliphatic rings. The van der Waals surface area contributed by atoms with Gasteiger partial charge in [-0.1, -0.05) is 23.7 Å². The average Bonchev–Trinajstić information content (AvgIpc) is 3.07. The van der Waals surface area contributed by atoms with E-state index in [-0.39, 0.29) is 16.5 Å². The summed E-state index contributed by atoms with van der Waals surface area (Å²) in [6, 6.07) is 8.23. The second kappa shape index (κ2) is 8.05. The number of piperidine rings is 1. The number of aromatic nitrogens is 3. The predicted molar refractivity (Wildman–Crippen MR) is 117 cm³/mol. The van der Waals surface area contributed by atoms with Crippen LogP contribution in [0.3, 0.4) is 0 Å². The van der Waals surface area contributed by atoms with Crippen LogP contribution in [0.1, 0.15) is 43.2 Å². The van der Waals surface area contributed by atoms with Gasteiger partial charge in [0.15, 0.2) is 5.76 Å². The Morgan fingerprint density at radius 2 is 1.87 bits per heavy atom. The van der Waals surface area contributed by atoms with Crippen LogP contribution in [0.15, 0.2) is 44.5 Å². The van der Waals surface area contributed by atoms with E-state index in [2.05, 4.69) is 10.3 Å². The third kappa shape index (κ3) is 3.83. The molecule has 164 valence electrons. The van der Waals surface area contributed by atoms with Crippen molar-refractivity contribution in [2.75, 3.05) is 6.54 Å². The second-order valence-corrected chi connectivity index (χ2v) is 9.94. The molecule has 1 atom stereocenters. The van der Waals surface area contributed by atoms with Crippen LogP contribution in [0, 0.1) is 20.8 Å². The minimum absolute atomic E-state index is 0.0265. The lowest BCUT2D eigenvalue weighted by atomic mass is 10.1. The summed E-state index contributed by atoms with van der Waals surface area (Å²) in [5, 5.41) is 8.38. The van der Waals surface area contributed by atoms with Gasteiger partial charge in [-0.05, 0) is 58.2 Å². The van der Waals surface area contributed by atoms with E-state index in [0.29, 0.717) is 40.5 Å². The molecule has 0 saturated carbocycles. The molecule has 8 nitrogen and oxygen atoms in total. The number of benzene rings is 1. The van der Waals surface area contributed by atoms with E-state index in [1.54, 1.807) is 43.3 Å². The highest BCUT2D eigenvalue weighted by atomic mass is 32.2. The van der Waals surface area contributed by atoms with Crippen molar-refractivity contribution in [2.45, 2.75) is 57.9 Å². The number of aryl methyl sites for hydroxylation is 3. The zero-order chi connectivity index (χ0) is 22.3. The molecule has 4 rings (SSSR count). The summed E-state index contributed by atoms with van der Waals surface area (Å²) in [6.07, 6.45) is 2.77. The maximum atomic E-state index is 13.4. The fraction of sp³-hybridized carbons (Fsp3) is 0.409. The van der Waals surface area contributed by atoms with Gasteiger partial charge in [-0.15, -0.1) is 0 Å². The van der Waals surface area contributed by atoms with E-state index in [4.69, 9.17) is 4.52 Å². The van der Waals surface area contributed by atoms with Gasteiger partial charge in [0, 0.05) is 24.2 Å². The smallest absolute Gasteiger partial charge is 0.271 e. The summed E-state index contributed by atoms with van der Waals surface area (Å²) < 4.78 is 34.9. The first-order chi connectivity index (χ1) is 14.7. The van der Waals surface area contributed by atoms with Gasteiger partial charge in [0.25, 0.3) is 5.56 Å². The SMILES string of the molecule is Cc1ccc(-c2ccc(=O)n(-c3c(C)noc3C)n2)cc1S(=O)(=O)N1CCCC[C@@H]1C. The Bertz CT molecular complexity index is 1270. The predicted octanol–water partition coefficient (Wildman–Crippen LogP) is 3.38. The van der Waals surface area contributed by atoms with E-state index in [0.717, 1.165) is 19.3 Å². The molecular weight excluding hydrogens is 416 g/mol. The van der Waals surface area contributed by atoms with Crippen LogP contribution in [0.5, 0.6) is 0 Å². The molecule has 0 radical (unpaired) electrons. The number of rotatable bonds is 4. The van der Waals surface area contributed by atoms with Gasteiger partial charge in [0.2, 0.25) is 10.0 Å². The highest BCUT2D eigenvalue weighted by Gasteiger charge is 2.32. The first-order valence-corrected chi connectivity index (χ1v) is 11.8. The standard InChI is InChI=1S/C22H26N4O4S/c1-14-8-9-18(13-20(14)31(28,29)25-12-6-5-7-15(25)2)19-10-11-21(27)26(23-19)22-16(3)24-30-17(22)4/h8-11,13,15H,5-7,12H2,1-4H3/t15-/m0/s1. The van der Waals surface area contributed by atoms with Gasteiger partial charge >= 0.3 is 0 Å². The molecule has 0 spiro atoms.